The Hall–Kier alpha value is -0.780. The van der Waals surface area contributed by atoms with E-state index in [2.05, 4.69) is 46.1 Å². The van der Waals surface area contributed by atoms with Crippen molar-refractivity contribution in [3.63, 3.8) is 0 Å². The second-order valence-corrected chi connectivity index (χ2v) is 6.70. The van der Waals surface area contributed by atoms with Crippen LogP contribution in [0.25, 0.3) is 0 Å². The van der Waals surface area contributed by atoms with Crippen LogP contribution >= 0.6 is 34.2 Å². The Morgan fingerprint density at radius 2 is 1.81 bits per heavy atom. The quantitative estimate of drug-likeness (QED) is 0.691. The predicted octanol–water partition coefficient (Wildman–Crippen LogP) is 5.04. The highest BCUT2D eigenvalue weighted by molar-refractivity contribution is 14.1. The van der Waals surface area contributed by atoms with Crippen LogP contribution in [-0.4, -0.2) is 13.2 Å². The van der Waals surface area contributed by atoms with Crippen molar-refractivity contribution < 1.29 is 4.74 Å². The van der Waals surface area contributed by atoms with Crippen molar-refractivity contribution in [2.24, 2.45) is 0 Å². The maximum Gasteiger partial charge on any atom is 0.120 e. The Bertz CT molecular complexity index is 615. The summed E-state index contributed by atoms with van der Waals surface area (Å²) in [5.41, 5.74) is 2.30. The smallest absolute Gasteiger partial charge is 0.120 e. The third-order valence-electron chi connectivity index (χ3n) is 3.13. The van der Waals surface area contributed by atoms with Gasteiger partial charge in [-0.25, -0.2) is 0 Å². The molecule has 2 aromatic carbocycles. The zero-order chi connectivity index (χ0) is 15.4. The summed E-state index contributed by atoms with van der Waals surface area (Å²) in [5.74, 6) is 0.888. The Kier molecular flexibility index (Phi) is 5.90. The van der Waals surface area contributed by atoms with Crippen molar-refractivity contribution in [2.45, 2.75) is 26.0 Å². The first-order valence-corrected chi connectivity index (χ1v) is 8.35. The molecule has 0 fully saturated rings. The topological polar surface area (TPSA) is 21.3 Å². The van der Waals surface area contributed by atoms with Gasteiger partial charge in [0.2, 0.25) is 0 Å². The van der Waals surface area contributed by atoms with Gasteiger partial charge in [-0.15, -0.1) is 0 Å². The van der Waals surface area contributed by atoms with Crippen molar-refractivity contribution >= 4 is 34.2 Å². The Morgan fingerprint density at radius 3 is 2.43 bits per heavy atom. The molecule has 0 aliphatic carbocycles. The monoisotopic (exact) mass is 415 g/mol. The summed E-state index contributed by atoms with van der Waals surface area (Å²) in [5, 5.41) is 4.13. The second kappa shape index (κ2) is 7.47. The molecular weight excluding hydrogens is 397 g/mol. The van der Waals surface area contributed by atoms with Crippen molar-refractivity contribution in [1.29, 1.82) is 0 Å². The standard InChI is InChI=1S/C17H19ClINO/c1-11(2)21-14-6-4-5-12(9-14)17(20-3)13-7-8-16(19)15(18)10-13/h4-11,17,20H,1-3H3. The Balaban J connectivity index is 2.34. The molecule has 0 bridgehead atoms. The minimum atomic E-state index is 0.0928. The number of rotatable bonds is 5. The van der Waals surface area contributed by atoms with Gasteiger partial charge in [0.05, 0.1) is 17.2 Å². The van der Waals surface area contributed by atoms with Crippen LogP contribution in [0.5, 0.6) is 5.75 Å². The minimum Gasteiger partial charge on any atom is -0.491 e. The molecule has 112 valence electrons. The molecular formula is C17H19ClINO. The third-order valence-corrected chi connectivity index (χ3v) is 4.70. The normalized spacial score (nSPS) is 12.5. The molecule has 0 heterocycles. The summed E-state index contributed by atoms with van der Waals surface area (Å²) in [6, 6.07) is 14.4. The molecule has 0 aliphatic heterocycles. The summed E-state index contributed by atoms with van der Waals surface area (Å²) >= 11 is 8.48. The number of hydrogen-bond donors (Lipinski definition) is 1. The molecule has 1 atom stereocenters. The molecule has 0 spiro atoms. The zero-order valence-corrected chi connectivity index (χ0v) is 15.3. The van der Waals surface area contributed by atoms with Crippen LogP contribution in [0.15, 0.2) is 42.5 Å². The summed E-state index contributed by atoms with van der Waals surface area (Å²) < 4.78 is 6.83. The lowest BCUT2D eigenvalue weighted by atomic mass is 9.99. The molecule has 1 N–H and O–H groups in total. The molecule has 0 amide bonds. The number of hydrogen-bond acceptors (Lipinski definition) is 2. The van der Waals surface area contributed by atoms with E-state index in [1.807, 2.05) is 45.2 Å². The predicted molar refractivity (Wildman–Crippen MR) is 97.3 cm³/mol. The lowest BCUT2D eigenvalue weighted by Crippen LogP contribution is -2.18. The Morgan fingerprint density at radius 1 is 1.10 bits per heavy atom. The van der Waals surface area contributed by atoms with Gasteiger partial charge in [-0.3, -0.25) is 0 Å². The molecule has 2 aromatic rings. The molecule has 2 nitrogen and oxygen atoms in total. The van der Waals surface area contributed by atoms with E-state index in [0.29, 0.717) is 0 Å². The van der Waals surface area contributed by atoms with Crippen LogP contribution < -0.4 is 10.1 Å². The van der Waals surface area contributed by atoms with Crippen molar-refractivity contribution in [3.05, 3.63) is 62.2 Å². The molecule has 0 aliphatic rings. The third kappa shape index (κ3) is 4.34. The summed E-state index contributed by atoms with van der Waals surface area (Å²) in [7, 11) is 1.95. The summed E-state index contributed by atoms with van der Waals surface area (Å²) in [6.45, 7) is 4.06. The van der Waals surface area contributed by atoms with Gasteiger partial charge in [0.25, 0.3) is 0 Å². The highest BCUT2D eigenvalue weighted by Crippen LogP contribution is 2.29. The molecule has 4 heteroatoms. The van der Waals surface area contributed by atoms with Crippen molar-refractivity contribution in [2.75, 3.05) is 7.05 Å². The summed E-state index contributed by atoms with van der Waals surface area (Å²) in [4.78, 5) is 0. The van der Waals surface area contributed by atoms with Gasteiger partial charge in [-0.2, -0.15) is 0 Å². The molecule has 0 aromatic heterocycles. The van der Waals surface area contributed by atoms with Gasteiger partial charge in [0, 0.05) is 3.57 Å². The van der Waals surface area contributed by atoms with Gasteiger partial charge >= 0.3 is 0 Å². The second-order valence-electron chi connectivity index (χ2n) is 5.13. The van der Waals surface area contributed by atoms with Crippen LogP contribution in [0.4, 0.5) is 0 Å². The van der Waals surface area contributed by atoms with E-state index >= 15 is 0 Å². The molecule has 0 saturated heterocycles. The number of benzene rings is 2. The average Bonchev–Trinajstić information content (AvgIpc) is 2.43. The van der Waals surface area contributed by atoms with Gasteiger partial charge < -0.3 is 10.1 Å². The van der Waals surface area contributed by atoms with Crippen molar-refractivity contribution in [1.82, 2.24) is 5.32 Å². The van der Waals surface area contributed by atoms with Crippen LogP contribution in [0.1, 0.15) is 31.0 Å². The SMILES string of the molecule is CNC(c1cccc(OC(C)C)c1)c1ccc(I)c(Cl)c1. The fraction of sp³-hybridized carbons (Fsp3) is 0.294. The first kappa shape index (κ1) is 16.6. The van der Waals surface area contributed by atoms with E-state index in [1.165, 1.54) is 0 Å². The molecule has 21 heavy (non-hydrogen) atoms. The molecule has 0 saturated carbocycles. The number of nitrogens with one attached hydrogen (secondary N) is 1. The highest BCUT2D eigenvalue weighted by Gasteiger charge is 2.14. The molecule has 2 rings (SSSR count). The fourth-order valence-electron chi connectivity index (χ4n) is 2.26. The highest BCUT2D eigenvalue weighted by atomic mass is 127. The van der Waals surface area contributed by atoms with Crippen LogP contribution in [0.3, 0.4) is 0 Å². The number of halogens is 2. The van der Waals surface area contributed by atoms with E-state index < -0.39 is 0 Å². The number of ether oxygens (including phenoxy) is 1. The van der Waals surface area contributed by atoms with Gasteiger partial charge in [-0.1, -0.05) is 29.8 Å². The van der Waals surface area contributed by atoms with Gasteiger partial charge in [0.1, 0.15) is 5.75 Å². The largest absolute Gasteiger partial charge is 0.491 e. The van der Waals surface area contributed by atoms with E-state index in [-0.39, 0.29) is 12.1 Å². The molecule has 0 radical (unpaired) electrons. The van der Waals surface area contributed by atoms with Gasteiger partial charge in [-0.05, 0) is 78.9 Å². The van der Waals surface area contributed by atoms with Crippen LogP contribution in [0, 0.1) is 3.57 Å². The van der Waals surface area contributed by atoms with Crippen LogP contribution in [0.2, 0.25) is 5.02 Å². The van der Waals surface area contributed by atoms with E-state index in [0.717, 1.165) is 25.5 Å². The van der Waals surface area contributed by atoms with E-state index in [9.17, 15) is 0 Å². The van der Waals surface area contributed by atoms with E-state index in [4.69, 9.17) is 16.3 Å². The maximum atomic E-state index is 6.24. The first-order valence-electron chi connectivity index (χ1n) is 6.90. The van der Waals surface area contributed by atoms with Gasteiger partial charge in [0.15, 0.2) is 0 Å². The average molecular weight is 416 g/mol. The van der Waals surface area contributed by atoms with Crippen LogP contribution in [-0.2, 0) is 0 Å². The fourth-order valence-corrected chi connectivity index (χ4v) is 2.78. The lowest BCUT2D eigenvalue weighted by molar-refractivity contribution is 0.242. The zero-order valence-electron chi connectivity index (χ0n) is 12.4. The van der Waals surface area contributed by atoms with E-state index in [1.54, 1.807) is 0 Å². The lowest BCUT2D eigenvalue weighted by Gasteiger charge is -2.19. The first-order chi connectivity index (χ1) is 10.0. The molecule has 1 unspecified atom stereocenters. The minimum absolute atomic E-state index is 0.0928. The maximum absolute atomic E-state index is 6.24. The van der Waals surface area contributed by atoms with Crippen molar-refractivity contribution in [3.8, 4) is 5.75 Å². The summed E-state index contributed by atoms with van der Waals surface area (Å²) in [6.07, 6.45) is 0.168. The Labute approximate surface area is 145 Å².